The van der Waals surface area contributed by atoms with Crippen LogP contribution in [-0.2, 0) is 22.6 Å². The highest BCUT2D eigenvalue weighted by molar-refractivity contribution is 5.98. The molecule has 0 N–H and O–H groups in total. The van der Waals surface area contributed by atoms with E-state index in [1.54, 1.807) is 6.92 Å². The van der Waals surface area contributed by atoms with Crippen molar-refractivity contribution in [3.8, 4) is 0 Å². The van der Waals surface area contributed by atoms with Crippen LogP contribution in [0.15, 0.2) is 42.5 Å². The second-order valence-corrected chi connectivity index (χ2v) is 6.10. The van der Waals surface area contributed by atoms with E-state index in [1.165, 1.54) is 11.0 Å². The zero-order chi connectivity index (χ0) is 17.3. The molecule has 0 bridgehead atoms. The highest BCUT2D eigenvalue weighted by Crippen LogP contribution is 2.34. The van der Waals surface area contributed by atoms with Gasteiger partial charge in [0.2, 0.25) is 0 Å². The van der Waals surface area contributed by atoms with Crippen LogP contribution in [-0.4, -0.2) is 18.1 Å². The van der Waals surface area contributed by atoms with E-state index in [9.17, 15) is 13.6 Å². The number of halogens is 2. The summed E-state index contributed by atoms with van der Waals surface area (Å²) in [5.41, 5.74) is 2.05. The van der Waals surface area contributed by atoms with Gasteiger partial charge < -0.3 is 9.64 Å². The molecule has 0 saturated heterocycles. The molecule has 0 aromatic heterocycles. The van der Waals surface area contributed by atoms with Crippen molar-refractivity contribution in [3.63, 3.8) is 0 Å². The molecule has 24 heavy (non-hydrogen) atoms. The number of hydrogen-bond acceptors (Lipinski definition) is 2. The molecule has 2 unspecified atom stereocenters. The summed E-state index contributed by atoms with van der Waals surface area (Å²) >= 11 is 0. The molecule has 1 heterocycles. The summed E-state index contributed by atoms with van der Waals surface area (Å²) in [6, 6.07) is 11.7. The molecule has 2 atom stereocenters. The van der Waals surface area contributed by atoms with E-state index in [2.05, 4.69) is 0 Å². The first kappa shape index (κ1) is 16.6. The summed E-state index contributed by atoms with van der Waals surface area (Å²) in [7, 11) is 0. The summed E-state index contributed by atoms with van der Waals surface area (Å²) in [4.78, 5) is 14.2. The molecule has 0 spiro atoms. The zero-order valence-corrected chi connectivity index (χ0v) is 13.6. The summed E-state index contributed by atoms with van der Waals surface area (Å²) in [5.74, 6) is -2.08. The quantitative estimate of drug-likeness (QED) is 0.852. The van der Waals surface area contributed by atoms with Crippen molar-refractivity contribution >= 4 is 11.6 Å². The average Bonchev–Trinajstić information content (AvgIpc) is 2.88. The Bertz CT molecular complexity index is 749. The number of rotatable bonds is 4. The van der Waals surface area contributed by atoms with Gasteiger partial charge in [-0.05, 0) is 37.5 Å². The van der Waals surface area contributed by atoms with Crippen LogP contribution < -0.4 is 4.90 Å². The first-order valence-corrected chi connectivity index (χ1v) is 7.94. The Hall–Kier alpha value is -2.27. The van der Waals surface area contributed by atoms with Gasteiger partial charge in [0, 0.05) is 12.1 Å². The second-order valence-electron chi connectivity index (χ2n) is 6.10. The minimum Gasteiger partial charge on any atom is -0.364 e. The highest BCUT2D eigenvalue weighted by atomic mass is 19.2. The van der Waals surface area contributed by atoms with E-state index in [1.807, 2.05) is 37.3 Å². The molecule has 1 aliphatic heterocycles. The molecule has 2 aromatic rings. The molecule has 0 aliphatic carbocycles. The molecule has 2 aromatic carbocycles. The third kappa shape index (κ3) is 3.17. The Labute approximate surface area is 139 Å². The van der Waals surface area contributed by atoms with Crippen LogP contribution in [0, 0.1) is 11.6 Å². The van der Waals surface area contributed by atoms with Crippen LogP contribution in [0.2, 0.25) is 0 Å². The van der Waals surface area contributed by atoms with Crippen molar-refractivity contribution in [1.82, 2.24) is 0 Å². The van der Waals surface area contributed by atoms with Crippen molar-refractivity contribution in [3.05, 3.63) is 65.2 Å². The molecule has 1 aliphatic rings. The van der Waals surface area contributed by atoms with Crippen molar-refractivity contribution in [2.45, 2.75) is 39.0 Å². The molecule has 3 rings (SSSR count). The summed E-state index contributed by atoms with van der Waals surface area (Å²) < 4.78 is 32.6. The van der Waals surface area contributed by atoms with Crippen LogP contribution in [0.25, 0.3) is 0 Å². The lowest BCUT2D eigenvalue weighted by Crippen LogP contribution is -2.42. The molecule has 3 nitrogen and oxygen atoms in total. The fourth-order valence-electron chi connectivity index (χ4n) is 3.01. The number of fused-ring (bicyclic) bond motifs is 1. The summed E-state index contributed by atoms with van der Waals surface area (Å²) in [5, 5.41) is 0. The van der Waals surface area contributed by atoms with Crippen LogP contribution in [0.1, 0.15) is 25.0 Å². The minimum absolute atomic E-state index is 0.156. The van der Waals surface area contributed by atoms with Crippen molar-refractivity contribution in [2.75, 3.05) is 4.90 Å². The monoisotopic (exact) mass is 331 g/mol. The molecular formula is C19H19F2NO2. The van der Waals surface area contributed by atoms with E-state index < -0.39 is 17.7 Å². The van der Waals surface area contributed by atoms with Crippen molar-refractivity contribution < 1.29 is 18.3 Å². The SMILES string of the molecule is CC(OCc1ccccc1)C(=O)N1c2cc(F)c(F)cc2CC1C. The Morgan fingerprint density at radius 1 is 1.25 bits per heavy atom. The Morgan fingerprint density at radius 3 is 2.62 bits per heavy atom. The molecule has 5 heteroatoms. The topological polar surface area (TPSA) is 29.5 Å². The lowest BCUT2D eigenvalue weighted by atomic mass is 10.1. The van der Waals surface area contributed by atoms with Crippen LogP contribution in [0.5, 0.6) is 0 Å². The van der Waals surface area contributed by atoms with Gasteiger partial charge in [0.05, 0.1) is 12.3 Å². The number of ether oxygens (including phenoxy) is 1. The number of benzene rings is 2. The van der Waals surface area contributed by atoms with Crippen molar-refractivity contribution in [1.29, 1.82) is 0 Å². The maximum atomic E-state index is 13.6. The number of anilines is 1. The zero-order valence-electron chi connectivity index (χ0n) is 13.6. The predicted molar refractivity (Wildman–Crippen MR) is 87.7 cm³/mol. The van der Waals surface area contributed by atoms with Crippen LogP contribution >= 0.6 is 0 Å². The van der Waals surface area contributed by atoms with Gasteiger partial charge >= 0.3 is 0 Å². The van der Waals surface area contributed by atoms with Crippen molar-refractivity contribution in [2.24, 2.45) is 0 Å². The number of carbonyl (C=O) groups is 1. The minimum atomic E-state index is -0.946. The highest BCUT2D eigenvalue weighted by Gasteiger charge is 2.34. The van der Waals surface area contributed by atoms with E-state index in [4.69, 9.17) is 4.74 Å². The fourth-order valence-corrected chi connectivity index (χ4v) is 3.01. The number of nitrogens with zero attached hydrogens (tertiary/aromatic N) is 1. The normalized spacial score (nSPS) is 17.7. The van der Waals surface area contributed by atoms with Gasteiger partial charge in [0.15, 0.2) is 11.6 Å². The van der Waals surface area contributed by atoms with Gasteiger partial charge in [-0.25, -0.2) is 8.78 Å². The van der Waals surface area contributed by atoms with Gasteiger partial charge in [0.1, 0.15) is 6.10 Å². The molecular weight excluding hydrogens is 312 g/mol. The molecule has 0 fully saturated rings. The summed E-state index contributed by atoms with van der Waals surface area (Å²) in [6.07, 6.45) is -0.171. The van der Waals surface area contributed by atoms with Gasteiger partial charge in [-0.3, -0.25) is 4.79 Å². The summed E-state index contributed by atoms with van der Waals surface area (Å²) in [6.45, 7) is 3.86. The lowest BCUT2D eigenvalue weighted by Gasteiger charge is -2.26. The average molecular weight is 331 g/mol. The van der Waals surface area contributed by atoms with E-state index in [0.29, 0.717) is 24.3 Å². The van der Waals surface area contributed by atoms with Gasteiger partial charge in [-0.1, -0.05) is 30.3 Å². The van der Waals surface area contributed by atoms with E-state index in [-0.39, 0.29) is 11.9 Å². The molecule has 0 radical (unpaired) electrons. The maximum absolute atomic E-state index is 13.6. The van der Waals surface area contributed by atoms with Gasteiger partial charge in [-0.15, -0.1) is 0 Å². The second kappa shape index (κ2) is 6.69. The largest absolute Gasteiger partial charge is 0.364 e. The van der Waals surface area contributed by atoms with Gasteiger partial charge in [-0.2, -0.15) is 0 Å². The third-order valence-corrected chi connectivity index (χ3v) is 4.27. The van der Waals surface area contributed by atoms with Gasteiger partial charge in [0.25, 0.3) is 5.91 Å². The Kier molecular flexibility index (Phi) is 4.62. The third-order valence-electron chi connectivity index (χ3n) is 4.27. The fraction of sp³-hybridized carbons (Fsp3) is 0.316. The number of carbonyl (C=O) groups excluding carboxylic acids is 1. The standard InChI is InChI=1S/C19H19F2NO2/c1-12-8-15-9-16(20)17(21)10-18(15)22(12)19(23)13(2)24-11-14-6-4-3-5-7-14/h3-7,9-10,12-13H,8,11H2,1-2H3. The molecule has 1 amide bonds. The van der Waals surface area contributed by atoms with E-state index >= 15 is 0 Å². The smallest absolute Gasteiger partial charge is 0.256 e. The Morgan fingerprint density at radius 2 is 1.92 bits per heavy atom. The van der Waals surface area contributed by atoms with Crippen LogP contribution in [0.3, 0.4) is 0 Å². The van der Waals surface area contributed by atoms with Crippen LogP contribution in [0.4, 0.5) is 14.5 Å². The lowest BCUT2D eigenvalue weighted by molar-refractivity contribution is -0.130. The Balaban J connectivity index is 1.74. The first-order valence-electron chi connectivity index (χ1n) is 7.94. The first-order chi connectivity index (χ1) is 11.5. The maximum Gasteiger partial charge on any atom is 0.256 e. The predicted octanol–water partition coefficient (Wildman–Crippen LogP) is 3.85. The van der Waals surface area contributed by atoms with E-state index in [0.717, 1.165) is 11.6 Å². The molecule has 126 valence electrons. The number of amides is 1. The number of hydrogen-bond donors (Lipinski definition) is 0. The molecule has 0 saturated carbocycles.